The van der Waals surface area contributed by atoms with Crippen molar-refractivity contribution in [1.82, 2.24) is 4.90 Å². The number of benzene rings is 1. The highest BCUT2D eigenvalue weighted by molar-refractivity contribution is 5.14. The molecule has 2 rings (SSSR count). The molecule has 1 fully saturated rings. The summed E-state index contributed by atoms with van der Waals surface area (Å²) in [4.78, 5) is 2.39. The Bertz CT molecular complexity index is 299. The number of hydrogen-bond donors (Lipinski definition) is 1. The van der Waals surface area contributed by atoms with E-state index in [0.29, 0.717) is 12.0 Å². The summed E-state index contributed by atoms with van der Waals surface area (Å²) in [6.07, 6.45) is 1.21. The summed E-state index contributed by atoms with van der Waals surface area (Å²) in [6, 6.07) is 10.8. The molecule has 1 aliphatic heterocycles. The van der Waals surface area contributed by atoms with Gasteiger partial charge in [-0.05, 0) is 24.4 Å². The third kappa shape index (κ3) is 2.39. The van der Waals surface area contributed by atoms with Gasteiger partial charge in [0.2, 0.25) is 0 Å². The topological polar surface area (TPSA) is 23.5 Å². The summed E-state index contributed by atoms with van der Waals surface area (Å²) in [5.74, 6) is 0.624. The molecule has 1 heterocycles. The first kappa shape index (κ1) is 10.7. The van der Waals surface area contributed by atoms with Gasteiger partial charge in [-0.1, -0.05) is 37.3 Å². The van der Waals surface area contributed by atoms with Crippen LogP contribution in [0.2, 0.25) is 0 Å². The van der Waals surface area contributed by atoms with Crippen molar-refractivity contribution >= 4 is 0 Å². The predicted octanol–water partition coefficient (Wildman–Crippen LogP) is 1.89. The molecule has 2 nitrogen and oxygen atoms in total. The standard InChI is InChI=1S/C13H19NO/c1-11-7-8-14(13(11)10-15)9-12-5-3-2-4-6-12/h2-6,11,13,15H,7-10H2,1H3/t11-,13+/m1/s1. The van der Waals surface area contributed by atoms with E-state index in [0.717, 1.165) is 13.1 Å². The van der Waals surface area contributed by atoms with Gasteiger partial charge in [0.15, 0.2) is 0 Å². The van der Waals surface area contributed by atoms with E-state index in [4.69, 9.17) is 0 Å². The lowest BCUT2D eigenvalue weighted by Gasteiger charge is -2.24. The highest BCUT2D eigenvalue weighted by atomic mass is 16.3. The molecule has 0 aliphatic carbocycles. The molecule has 1 saturated heterocycles. The van der Waals surface area contributed by atoms with E-state index in [9.17, 15) is 5.11 Å². The molecule has 0 bridgehead atoms. The Labute approximate surface area is 91.5 Å². The number of nitrogens with zero attached hydrogens (tertiary/aromatic N) is 1. The second kappa shape index (κ2) is 4.77. The first-order valence-electron chi connectivity index (χ1n) is 5.70. The number of aliphatic hydroxyl groups excluding tert-OH is 1. The molecule has 0 spiro atoms. The van der Waals surface area contributed by atoms with Crippen molar-refractivity contribution in [1.29, 1.82) is 0 Å². The van der Waals surface area contributed by atoms with Crippen LogP contribution in [0.3, 0.4) is 0 Å². The molecule has 2 atom stereocenters. The normalized spacial score (nSPS) is 27.1. The van der Waals surface area contributed by atoms with Crippen LogP contribution in [0, 0.1) is 5.92 Å². The second-order valence-corrected chi connectivity index (χ2v) is 4.47. The SMILES string of the molecule is C[C@@H]1CCN(Cc2ccccc2)[C@H]1CO. The number of rotatable bonds is 3. The maximum absolute atomic E-state index is 9.34. The maximum Gasteiger partial charge on any atom is 0.0589 e. The minimum absolute atomic E-state index is 0.286. The van der Waals surface area contributed by atoms with E-state index >= 15 is 0 Å². The van der Waals surface area contributed by atoms with Crippen molar-refractivity contribution in [3.8, 4) is 0 Å². The van der Waals surface area contributed by atoms with Gasteiger partial charge in [-0.15, -0.1) is 0 Å². The Morgan fingerprint density at radius 1 is 1.33 bits per heavy atom. The third-order valence-corrected chi connectivity index (χ3v) is 3.41. The van der Waals surface area contributed by atoms with E-state index in [1.165, 1.54) is 12.0 Å². The first-order valence-corrected chi connectivity index (χ1v) is 5.70. The van der Waals surface area contributed by atoms with Crippen LogP contribution in [-0.4, -0.2) is 29.2 Å². The van der Waals surface area contributed by atoms with Crippen molar-refractivity contribution in [2.45, 2.75) is 25.9 Å². The second-order valence-electron chi connectivity index (χ2n) is 4.47. The van der Waals surface area contributed by atoms with Crippen LogP contribution in [0.25, 0.3) is 0 Å². The summed E-state index contributed by atoms with van der Waals surface area (Å²) in [5.41, 5.74) is 1.34. The zero-order valence-electron chi connectivity index (χ0n) is 9.26. The Balaban J connectivity index is 2.00. The first-order chi connectivity index (χ1) is 7.31. The van der Waals surface area contributed by atoms with Crippen LogP contribution in [0.1, 0.15) is 18.9 Å². The average Bonchev–Trinajstić information content (AvgIpc) is 2.61. The fraction of sp³-hybridized carbons (Fsp3) is 0.538. The molecule has 1 aromatic rings. The van der Waals surface area contributed by atoms with Crippen LogP contribution < -0.4 is 0 Å². The van der Waals surface area contributed by atoms with Gasteiger partial charge in [-0.25, -0.2) is 0 Å². The third-order valence-electron chi connectivity index (χ3n) is 3.41. The van der Waals surface area contributed by atoms with E-state index in [-0.39, 0.29) is 6.61 Å². The number of aliphatic hydroxyl groups is 1. The molecule has 1 N–H and O–H groups in total. The quantitative estimate of drug-likeness (QED) is 0.814. The minimum atomic E-state index is 0.286. The minimum Gasteiger partial charge on any atom is -0.395 e. The molecule has 0 aromatic heterocycles. The van der Waals surface area contributed by atoms with Crippen LogP contribution >= 0.6 is 0 Å². The predicted molar refractivity (Wildman–Crippen MR) is 61.5 cm³/mol. The zero-order chi connectivity index (χ0) is 10.7. The van der Waals surface area contributed by atoms with Crippen LogP contribution in [0.4, 0.5) is 0 Å². The van der Waals surface area contributed by atoms with E-state index in [2.05, 4.69) is 36.1 Å². The summed E-state index contributed by atoms with van der Waals surface area (Å²) >= 11 is 0. The van der Waals surface area contributed by atoms with E-state index in [1.807, 2.05) is 6.07 Å². The van der Waals surface area contributed by atoms with Gasteiger partial charge in [0, 0.05) is 12.6 Å². The highest BCUT2D eigenvalue weighted by Crippen LogP contribution is 2.25. The van der Waals surface area contributed by atoms with E-state index < -0.39 is 0 Å². The fourth-order valence-electron chi connectivity index (χ4n) is 2.40. The van der Waals surface area contributed by atoms with Gasteiger partial charge in [0.25, 0.3) is 0 Å². The Hall–Kier alpha value is -0.860. The van der Waals surface area contributed by atoms with Crippen LogP contribution in [0.5, 0.6) is 0 Å². The molecule has 2 heteroatoms. The largest absolute Gasteiger partial charge is 0.395 e. The van der Waals surface area contributed by atoms with Crippen LogP contribution in [-0.2, 0) is 6.54 Å². The van der Waals surface area contributed by atoms with Gasteiger partial charge < -0.3 is 5.11 Å². The van der Waals surface area contributed by atoms with Crippen molar-refractivity contribution in [2.75, 3.05) is 13.2 Å². The molecule has 82 valence electrons. The number of likely N-dealkylation sites (tertiary alicyclic amines) is 1. The molecule has 1 aliphatic rings. The highest BCUT2D eigenvalue weighted by Gasteiger charge is 2.29. The van der Waals surface area contributed by atoms with Gasteiger partial charge in [0.05, 0.1) is 6.61 Å². The smallest absolute Gasteiger partial charge is 0.0589 e. The summed E-state index contributed by atoms with van der Waals surface area (Å²) in [6.45, 7) is 4.59. The molecule has 15 heavy (non-hydrogen) atoms. The molecular formula is C13H19NO. The number of hydrogen-bond acceptors (Lipinski definition) is 2. The van der Waals surface area contributed by atoms with Crippen molar-refractivity contribution in [2.24, 2.45) is 5.92 Å². The molecule has 0 amide bonds. The van der Waals surface area contributed by atoms with Crippen molar-refractivity contribution in [3.63, 3.8) is 0 Å². The van der Waals surface area contributed by atoms with E-state index in [1.54, 1.807) is 0 Å². The zero-order valence-corrected chi connectivity index (χ0v) is 9.26. The maximum atomic E-state index is 9.34. The van der Waals surface area contributed by atoms with Crippen LogP contribution in [0.15, 0.2) is 30.3 Å². The lowest BCUT2D eigenvalue weighted by molar-refractivity contribution is 0.134. The molecule has 0 radical (unpaired) electrons. The monoisotopic (exact) mass is 205 g/mol. The fourth-order valence-corrected chi connectivity index (χ4v) is 2.40. The molecular weight excluding hydrogens is 186 g/mol. The lowest BCUT2D eigenvalue weighted by Crippen LogP contribution is -2.34. The Morgan fingerprint density at radius 3 is 2.73 bits per heavy atom. The summed E-state index contributed by atoms with van der Waals surface area (Å²) in [5, 5.41) is 9.34. The van der Waals surface area contributed by atoms with Gasteiger partial charge >= 0.3 is 0 Å². The summed E-state index contributed by atoms with van der Waals surface area (Å²) in [7, 11) is 0. The van der Waals surface area contributed by atoms with Crippen molar-refractivity contribution in [3.05, 3.63) is 35.9 Å². The Morgan fingerprint density at radius 2 is 2.07 bits per heavy atom. The molecule has 0 saturated carbocycles. The molecule has 0 unspecified atom stereocenters. The van der Waals surface area contributed by atoms with Gasteiger partial charge in [-0.3, -0.25) is 4.90 Å². The van der Waals surface area contributed by atoms with Gasteiger partial charge in [0.1, 0.15) is 0 Å². The summed E-state index contributed by atoms with van der Waals surface area (Å²) < 4.78 is 0. The van der Waals surface area contributed by atoms with Crippen molar-refractivity contribution < 1.29 is 5.11 Å². The average molecular weight is 205 g/mol. The lowest BCUT2D eigenvalue weighted by atomic mass is 10.0. The molecule has 1 aromatic carbocycles. The van der Waals surface area contributed by atoms with Gasteiger partial charge in [-0.2, -0.15) is 0 Å². The Kier molecular flexibility index (Phi) is 3.39.